The summed E-state index contributed by atoms with van der Waals surface area (Å²) in [5.41, 5.74) is 2.15. The van der Waals surface area contributed by atoms with Crippen LogP contribution in [0.3, 0.4) is 0 Å². The Labute approximate surface area is 225 Å². The van der Waals surface area contributed by atoms with Crippen molar-refractivity contribution in [2.75, 3.05) is 13.7 Å². The highest BCUT2D eigenvalue weighted by atomic mass is 16.5. The molecule has 3 aromatic rings. The average molecular weight is 515 g/mol. The number of rotatable bonds is 12. The van der Waals surface area contributed by atoms with Crippen LogP contribution in [0.15, 0.2) is 103 Å². The maximum atomic E-state index is 11.3. The molecule has 0 radical (unpaired) electrons. The lowest BCUT2D eigenvalue weighted by molar-refractivity contribution is -0.140. The van der Waals surface area contributed by atoms with E-state index in [0.717, 1.165) is 29.5 Å². The van der Waals surface area contributed by atoms with Crippen molar-refractivity contribution < 1.29 is 24.5 Å². The van der Waals surface area contributed by atoms with Gasteiger partial charge in [0.1, 0.15) is 5.60 Å². The summed E-state index contributed by atoms with van der Waals surface area (Å²) in [5, 5.41) is 21.8. The SMILES string of the molecule is COC(=O)CCC/C=C\C[C@@H]1[C@@H](COC(c2ccccc2)(c2ccccc2)c2ccccc2)[C@H](O)C[C@@H]1O. The molecular formula is C33H38O5. The first-order chi connectivity index (χ1) is 18.6. The number of aliphatic hydroxyl groups is 2. The highest BCUT2D eigenvalue weighted by Crippen LogP contribution is 2.43. The van der Waals surface area contributed by atoms with E-state index in [9.17, 15) is 15.0 Å². The molecule has 1 aliphatic carbocycles. The van der Waals surface area contributed by atoms with Crippen LogP contribution in [0.1, 0.15) is 48.8 Å². The van der Waals surface area contributed by atoms with E-state index >= 15 is 0 Å². The van der Waals surface area contributed by atoms with Gasteiger partial charge < -0.3 is 19.7 Å². The van der Waals surface area contributed by atoms with Gasteiger partial charge in [-0.3, -0.25) is 4.79 Å². The minimum absolute atomic E-state index is 0.123. The molecular weight excluding hydrogens is 476 g/mol. The molecule has 0 saturated heterocycles. The Balaban J connectivity index is 1.58. The molecule has 0 aromatic heterocycles. The summed E-state index contributed by atoms with van der Waals surface area (Å²) in [5.74, 6) is -0.550. The number of hydrogen-bond acceptors (Lipinski definition) is 5. The zero-order valence-corrected chi connectivity index (χ0v) is 22.0. The Kier molecular flexibility index (Phi) is 9.88. The molecule has 38 heavy (non-hydrogen) atoms. The smallest absolute Gasteiger partial charge is 0.305 e. The Hall–Kier alpha value is -3.25. The summed E-state index contributed by atoms with van der Waals surface area (Å²) < 4.78 is 11.6. The van der Waals surface area contributed by atoms with E-state index in [0.29, 0.717) is 19.3 Å². The van der Waals surface area contributed by atoms with Crippen LogP contribution in [0.4, 0.5) is 0 Å². The number of hydrogen-bond donors (Lipinski definition) is 2. The van der Waals surface area contributed by atoms with Crippen molar-refractivity contribution in [1.29, 1.82) is 0 Å². The van der Waals surface area contributed by atoms with Gasteiger partial charge in [0.15, 0.2) is 0 Å². The van der Waals surface area contributed by atoms with E-state index < -0.39 is 17.8 Å². The third-order valence-electron chi connectivity index (χ3n) is 7.61. The van der Waals surface area contributed by atoms with Gasteiger partial charge in [-0.05, 0) is 48.3 Å². The van der Waals surface area contributed by atoms with Gasteiger partial charge >= 0.3 is 5.97 Å². The average Bonchev–Trinajstić information content (AvgIpc) is 3.24. The van der Waals surface area contributed by atoms with E-state index in [1.807, 2.05) is 60.7 Å². The van der Waals surface area contributed by atoms with Gasteiger partial charge in [0.2, 0.25) is 0 Å². The van der Waals surface area contributed by atoms with Crippen molar-refractivity contribution in [2.24, 2.45) is 11.8 Å². The van der Waals surface area contributed by atoms with E-state index in [-0.39, 0.29) is 24.4 Å². The number of esters is 1. The van der Waals surface area contributed by atoms with Crippen LogP contribution in [0.5, 0.6) is 0 Å². The number of aliphatic hydroxyl groups excluding tert-OH is 2. The molecule has 4 rings (SSSR count). The molecule has 4 atom stereocenters. The number of carbonyl (C=O) groups is 1. The summed E-state index contributed by atoms with van der Waals surface area (Å²) in [6.45, 7) is 0.289. The fourth-order valence-corrected chi connectivity index (χ4v) is 5.56. The molecule has 0 bridgehead atoms. The molecule has 0 unspecified atom stereocenters. The summed E-state index contributed by atoms with van der Waals surface area (Å²) in [4.78, 5) is 11.3. The zero-order valence-electron chi connectivity index (χ0n) is 22.0. The van der Waals surface area contributed by atoms with Crippen molar-refractivity contribution in [2.45, 2.75) is 49.9 Å². The predicted molar refractivity (Wildman–Crippen MR) is 148 cm³/mol. The normalized spacial score (nSPS) is 21.6. The molecule has 0 heterocycles. The van der Waals surface area contributed by atoms with Crippen molar-refractivity contribution in [3.05, 3.63) is 120 Å². The maximum Gasteiger partial charge on any atom is 0.305 e. The molecule has 200 valence electrons. The topological polar surface area (TPSA) is 76.0 Å². The summed E-state index contributed by atoms with van der Waals surface area (Å²) >= 11 is 0. The quantitative estimate of drug-likeness (QED) is 0.142. The van der Waals surface area contributed by atoms with Gasteiger partial charge in [0, 0.05) is 12.3 Å². The highest BCUT2D eigenvalue weighted by molar-refractivity contribution is 5.69. The van der Waals surface area contributed by atoms with Crippen molar-refractivity contribution in [3.8, 4) is 0 Å². The Morgan fingerprint density at radius 3 is 1.82 bits per heavy atom. The van der Waals surface area contributed by atoms with Crippen LogP contribution in [0.2, 0.25) is 0 Å². The number of benzene rings is 3. The molecule has 5 heteroatoms. The Morgan fingerprint density at radius 1 is 0.816 bits per heavy atom. The van der Waals surface area contributed by atoms with Crippen LogP contribution < -0.4 is 0 Å². The first-order valence-electron chi connectivity index (χ1n) is 13.4. The molecule has 1 saturated carbocycles. The Morgan fingerprint density at radius 2 is 1.32 bits per heavy atom. The standard InChI is InChI=1S/C33H38O5/c1-37-32(36)22-14-3-2-13-21-28-29(31(35)23-30(28)34)24-38-33(25-15-7-4-8-16-25,26-17-9-5-10-18-26)27-19-11-6-12-20-27/h2,4-13,15-20,28-31,34-35H,3,14,21-24H2,1H3/b13-2-/t28-,29-,30+,31-/m1/s1. The summed E-state index contributed by atoms with van der Waals surface area (Å²) in [6.07, 6.45) is 5.70. The van der Waals surface area contributed by atoms with Gasteiger partial charge in [-0.25, -0.2) is 0 Å². The lowest BCUT2D eigenvalue weighted by Crippen LogP contribution is -2.37. The molecule has 2 N–H and O–H groups in total. The highest BCUT2D eigenvalue weighted by Gasteiger charge is 2.44. The molecule has 1 aliphatic rings. The monoisotopic (exact) mass is 514 g/mol. The van der Waals surface area contributed by atoms with Crippen LogP contribution in [-0.2, 0) is 19.9 Å². The number of carbonyl (C=O) groups excluding carboxylic acids is 1. The van der Waals surface area contributed by atoms with Gasteiger partial charge in [-0.2, -0.15) is 0 Å². The molecule has 0 aliphatic heterocycles. The summed E-state index contributed by atoms with van der Waals surface area (Å²) in [6, 6.07) is 30.5. The first kappa shape index (κ1) is 27.8. The summed E-state index contributed by atoms with van der Waals surface area (Å²) in [7, 11) is 1.40. The number of allylic oxidation sites excluding steroid dienone is 2. The lowest BCUT2D eigenvalue weighted by atomic mass is 9.79. The van der Waals surface area contributed by atoms with Gasteiger partial charge in [-0.15, -0.1) is 0 Å². The third-order valence-corrected chi connectivity index (χ3v) is 7.61. The van der Waals surface area contributed by atoms with Crippen LogP contribution in [-0.4, -0.2) is 42.1 Å². The maximum absolute atomic E-state index is 11.3. The molecule has 0 amide bonds. The van der Waals surface area contributed by atoms with E-state index in [1.54, 1.807) is 0 Å². The molecule has 3 aromatic carbocycles. The fraction of sp³-hybridized carbons (Fsp3) is 0.364. The van der Waals surface area contributed by atoms with Crippen LogP contribution in [0, 0.1) is 11.8 Å². The van der Waals surface area contributed by atoms with Crippen LogP contribution >= 0.6 is 0 Å². The minimum atomic E-state index is -0.870. The zero-order chi connectivity index (χ0) is 26.8. The van der Waals surface area contributed by atoms with E-state index in [1.165, 1.54) is 7.11 Å². The third kappa shape index (κ3) is 6.41. The van der Waals surface area contributed by atoms with Gasteiger partial charge in [0.05, 0.1) is 25.9 Å². The van der Waals surface area contributed by atoms with Crippen molar-refractivity contribution in [1.82, 2.24) is 0 Å². The van der Waals surface area contributed by atoms with Crippen LogP contribution in [0.25, 0.3) is 0 Å². The lowest BCUT2D eigenvalue weighted by Gasteiger charge is -2.38. The van der Waals surface area contributed by atoms with Crippen molar-refractivity contribution >= 4 is 5.97 Å². The second-order valence-corrected chi connectivity index (χ2v) is 9.96. The largest absolute Gasteiger partial charge is 0.469 e. The number of ether oxygens (including phenoxy) is 2. The van der Waals surface area contributed by atoms with E-state index in [2.05, 4.69) is 42.5 Å². The second-order valence-electron chi connectivity index (χ2n) is 9.96. The second kappa shape index (κ2) is 13.5. The predicted octanol–water partition coefficient (Wildman–Crippen LogP) is 5.64. The van der Waals surface area contributed by atoms with Gasteiger partial charge in [0.25, 0.3) is 0 Å². The minimum Gasteiger partial charge on any atom is -0.469 e. The molecule has 0 spiro atoms. The number of methoxy groups -OCH3 is 1. The fourth-order valence-electron chi connectivity index (χ4n) is 5.56. The first-order valence-corrected chi connectivity index (χ1v) is 13.4. The van der Waals surface area contributed by atoms with Gasteiger partial charge in [-0.1, -0.05) is 103 Å². The van der Waals surface area contributed by atoms with E-state index in [4.69, 9.17) is 9.47 Å². The molecule has 1 fully saturated rings. The van der Waals surface area contributed by atoms with Crippen molar-refractivity contribution in [3.63, 3.8) is 0 Å². The molecule has 5 nitrogen and oxygen atoms in total. The number of unbranched alkanes of at least 4 members (excludes halogenated alkanes) is 1. The Bertz CT molecular complexity index is 1050.